The van der Waals surface area contributed by atoms with Gasteiger partial charge in [0.1, 0.15) is 5.82 Å². The molecule has 1 aromatic heterocycles. The summed E-state index contributed by atoms with van der Waals surface area (Å²) in [6.07, 6.45) is 2.96. The SMILES string of the molecule is CC(C(=O)NCCc1ccc(F)cc1)N1CCCC1c1ccsc1. The van der Waals surface area contributed by atoms with Crippen LogP contribution in [-0.4, -0.2) is 29.9 Å². The number of benzene rings is 1. The fraction of sp³-hybridized carbons (Fsp3) is 0.421. The average molecular weight is 346 g/mol. The lowest BCUT2D eigenvalue weighted by molar-refractivity contribution is -0.126. The van der Waals surface area contributed by atoms with E-state index in [4.69, 9.17) is 0 Å². The summed E-state index contributed by atoms with van der Waals surface area (Å²) in [6.45, 7) is 3.52. The number of carbonyl (C=O) groups is 1. The van der Waals surface area contributed by atoms with Crippen molar-refractivity contribution in [1.82, 2.24) is 10.2 Å². The molecule has 1 saturated heterocycles. The molecule has 3 nitrogen and oxygen atoms in total. The van der Waals surface area contributed by atoms with E-state index in [9.17, 15) is 9.18 Å². The third-order valence-electron chi connectivity index (χ3n) is 4.73. The maximum atomic E-state index is 12.9. The molecule has 24 heavy (non-hydrogen) atoms. The smallest absolute Gasteiger partial charge is 0.237 e. The van der Waals surface area contributed by atoms with Crippen molar-refractivity contribution in [2.75, 3.05) is 13.1 Å². The largest absolute Gasteiger partial charge is 0.354 e. The molecule has 0 bridgehead atoms. The molecule has 2 aromatic rings. The summed E-state index contributed by atoms with van der Waals surface area (Å²) in [6, 6.07) is 8.81. The molecule has 1 aromatic carbocycles. The topological polar surface area (TPSA) is 32.3 Å². The van der Waals surface area contributed by atoms with E-state index < -0.39 is 0 Å². The maximum absolute atomic E-state index is 12.9. The van der Waals surface area contributed by atoms with Gasteiger partial charge in [0.15, 0.2) is 0 Å². The molecule has 1 aliphatic heterocycles. The summed E-state index contributed by atoms with van der Waals surface area (Å²) in [5.41, 5.74) is 2.35. The number of hydrogen-bond acceptors (Lipinski definition) is 3. The summed E-state index contributed by atoms with van der Waals surface area (Å²) < 4.78 is 12.9. The van der Waals surface area contributed by atoms with Crippen molar-refractivity contribution in [2.45, 2.75) is 38.3 Å². The van der Waals surface area contributed by atoms with Crippen LogP contribution in [0.4, 0.5) is 4.39 Å². The van der Waals surface area contributed by atoms with Crippen LogP contribution < -0.4 is 5.32 Å². The van der Waals surface area contributed by atoms with Gasteiger partial charge in [0.05, 0.1) is 6.04 Å². The van der Waals surface area contributed by atoms with Gasteiger partial charge >= 0.3 is 0 Å². The molecule has 1 aliphatic rings. The highest BCUT2D eigenvalue weighted by molar-refractivity contribution is 7.07. The molecule has 1 fully saturated rings. The monoisotopic (exact) mass is 346 g/mol. The van der Waals surface area contributed by atoms with E-state index in [0.717, 1.165) is 24.9 Å². The average Bonchev–Trinajstić information content (AvgIpc) is 3.26. The van der Waals surface area contributed by atoms with E-state index in [2.05, 4.69) is 27.0 Å². The summed E-state index contributed by atoms with van der Waals surface area (Å²) in [5, 5.41) is 7.30. The minimum absolute atomic E-state index is 0.0687. The molecule has 2 atom stereocenters. The predicted molar refractivity (Wildman–Crippen MR) is 95.6 cm³/mol. The van der Waals surface area contributed by atoms with Crippen LogP contribution in [0.5, 0.6) is 0 Å². The van der Waals surface area contributed by atoms with Gasteiger partial charge in [-0.25, -0.2) is 4.39 Å². The van der Waals surface area contributed by atoms with Crippen molar-refractivity contribution in [1.29, 1.82) is 0 Å². The van der Waals surface area contributed by atoms with Gasteiger partial charge in [-0.3, -0.25) is 9.69 Å². The van der Waals surface area contributed by atoms with Crippen LogP contribution in [0.1, 0.15) is 36.9 Å². The van der Waals surface area contributed by atoms with E-state index in [1.54, 1.807) is 23.5 Å². The first-order valence-electron chi connectivity index (χ1n) is 8.45. The van der Waals surface area contributed by atoms with E-state index in [-0.39, 0.29) is 17.8 Å². The Kier molecular flexibility index (Phi) is 5.63. The number of amides is 1. The Hall–Kier alpha value is -1.72. The van der Waals surface area contributed by atoms with Crippen LogP contribution in [0.2, 0.25) is 0 Å². The van der Waals surface area contributed by atoms with Crippen LogP contribution in [0.15, 0.2) is 41.1 Å². The quantitative estimate of drug-likeness (QED) is 0.863. The van der Waals surface area contributed by atoms with Gasteiger partial charge in [-0.15, -0.1) is 0 Å². The number of rotatable bonds is 6. The zero-order valence-corrected chi connectivity index (χ0v) is 14.7. The molecule has 1 amide bonds. The van der Waals surface area contributed by atoms with Crippen molar-refractivity contribution < 1.29 is 9.18 Å². The van der Waals surface area contributed by atoms with Gasteiger partial charge in [0.25, 0.3) is 0 Å². The number of thiophene rings is 1. The Balaban J connectivity index is 1.51. The molecule has 0 spiro atoms. The molecule has 0 saturated carbocycles. The molecule has 2 unspecified atom stereocenters. The molecule has 0 radical (unpaired) electrons. The molecular formula is C19H23FN2OS. The molecule has 128 valence electrons. The van der Waals surface area contributed by atoms with Crippen LogP contribution in [-0.2, 0) is 11.2 Å². The lowest BCUT2D eigenvalue weighted by Gasteiger charge is -2.29. The highest BCUT2D eigenvalue weighted by Crippen LogP contribution is 2.34. The second-order valence-electron chi connectivity index (χ2n) is 6.30. The summed E-state index contributed by atoms with van der Waals surface area (Å²) >= 11 is 1.71. The molecule has 1 N–H and O–H groups in total. The Morgan fingerprint density at radius 1 is 1.38 bits per heavy atom. The molecule has 0 aliphatic carbocycles. The van der Waals surface area contributed by atoms with Gasteiger partial charge in [0.2, 0.25) is 5.91 Å². The van der Waals surface area contributed by atoms with Crippen molar-refractivity contribution in [2.24, 2.45) is 0 Å². The van der Waals surface area contributed by atoms with E-state index in [1.807, 2.05) is 6.92 Å². The van der Waals surface area contributed by atoms with Crippen LogP contribution in [0, 0.1) is 5.82 Å². The summed E-state index contributed by atoms with van der Waals surface area (Å²) in [5.74, 6) is -0.163. The Morgan fingerprint density at radius 2 is 2.17 bits per heavy atom. The maximum Gasteiger partial charge on any atom is 0.237 e. The lowest BCUT2D eigenvalue weighted by atomic mass is 10.1. The summed E-state index contributed by atoms with van der Waals surface area (Å²) in [4.78, 5) is 14.8. The minimum Gasteiger partial charge on any atom is -0.354 e. The number of nitrogens with zero attached hydrogens (tertiary/aromatic N) is 1. The summed E-state index contributed by atoms with van der Waals surface area (Å²) in [7, 11) is 0. The van der Waals surface area contributed by atoms with Crippen LogP contribution >= 0.6 is 11.3 Å². The second-order valence-corrected chi connectivity index (χ2v) is 7.08. The number of carbonyl (C=O) groups excluding carboxylic acids is 1. The second kappa shape index (κ2) is 7.90. The molecule has 2 heterocycles. The third-order valence-corrected chi connectivity index (χ3v) is 5.43. The van der Waals surface area contributed by atoms with Crippen molar-refractivity contribution in [3.63, 3.8) is 0 Å². The fourth-order valence-corrected chi connectivity index (χ4v) is 4.06. The van der Waals surface area contributed by atoms with Crippen molar-refractivity contribution in [3.05, 3.63) is 58.0 Å². The normalized spacial score (nSPS) is 19.3. The molecule has 3 rings (SSSR count). The first kappa shape index (κ1) is 17.1. The number of hydrogen-bond donors (Lipinski definition) is 1. The van der Waals surface area contributed by atoms with E-state index in [0.29, 0.717) is 19.0 Å². The zero-order chi connectivity index (χ0) is 16.9. The van der Waals surface area contributed by atoms with Crippen LogP contribution in [0.3, 0.4) is 0 Å². The predicted octanol–water partition coefficient (Wildman–Crippen LogP) is 3.77. The number of halogens is 1. The Bertz CT molecular complexity index is 657. The van der Waals surface area contributed by atoms with Gasteiger partial charge in [0, 0.05) is 12.6 Å². The van der Waals surface area contributed by atoms with Gasteiger partial charge in [-0.2, -0.15) is 11.3 Å². The fourth-order valence-electron chi connectivity index (χ4n) is 3.35. The highest BCUT2D eigenvalue weighted by Gasteiger charge is 2.32. The standard InChI is InChI=1S/C19H23FN2OS/c1-14(22-11-2-3-18(22)16-9-12-24-13-16)19(23)21-10-8-15-4-6-17(20)7-5-15/h4-7,9,12-14,18H,2-3,8,10-11H2,1H3,(H,21,23). The number of likely N-dealkylation sites (tertiary alicyclic amines) is 1. The first-order valence-corrected chi connectivity index (χ1v) is 9.39. The van der Waals surface area contributed by atoms with Gasteiger partial charge < -0.3 is 5.32 Å². The highest BCUT2D eigenvalue weighted by atomic mass is 32.1. The Morgan fingerprint density at radius 3 is 2.88 bits per heavy atom. The zero-order valence-electron chi connectivity index (χ0n) is 13.9. The first-order chi connectivity index (χ1) is 11.6. The molecule has 5 heteroatoms. The number of nitrogens with one attached hydrogen (secondary N) is 1. The van der Waals surface area contributed by atoms with Crippen LogP contribution in [0.25, 0.3) is 0 Å². The van der Waals surface area contributed by atoms with E-state index in [1.165, 1.54) is 17.7 Å². The molecular weight excluding hydrogens is 323 g/mol. The minimum atomic E-state index is -0.232. The van der Waals surface area contributed by atoms with Crippen molar-refractivity contribution in [3.8, 4) is 0 Å². The third kappa shape index (κ3) is 4.02. The van der Waals surface area contributed by atoms with E-state index >= 15 is 0 Å². The van der Waals surface area contributed by atoms with Crippen molar-refractivity contribution >= 4 is 17.2 Å². The van der Waals surface area contributed by atoms with Gasteiger partial charge in [-0.05, 0) is 72.8 Å². The Labute approximate surface area is 146 Å². The van der Waals surface area contributed by atoms with Gasteiger partial charge in [-0.1, -0.05) is 12.1 Å². The lowest BCUT2D eigenvalue weighted by Crippen LogP contribution is -2.45.